The zero-order chi connectivity index (χ0) is 21.9. The molecule has 0 aliphatic carbocycles. The number of carbonyl (C=O) groups is 3. The van der Waals surface area contributed by atoms with Crippen LogP contribution < -0.4 is 5.32 Å². The van der Waals surface area contributed by atoms with Gasteiger partial charge >= 0.3 is 18.1 Å². The van der Waals surface area contributed by atoms with E-state index >= 15 is 0 Å². The van der Waals surface area contributed by atoms with Gasteiger partial charge in [0.25, 0.3) is 5.91 Å². The number of nitrogens with zero attached hydrogens (tertiary/aromatic N) is 2. The molecule has 0 aromatic carbocycles. The number of alkyl halides is 3. The van der Waals surface area contributed by atoms with Crippen molar-refractivity contribution >= 4 is 34.2 Å². The van der Waals surface area contributed by atoms with Crippen LogP contribution in [-0.4, -0.2) is 40.8 Å². The summed E-state index contributed by atoms with van der Waals surface area (Å²) in [5.41, 5.74) is -1.43. The summed E-state index contributed by atoms with van der Waals surface area (Å²) >= 11 is 0.770. The van der Waals surface area contributed by atoms with Gasteiger partial charge < -0.3 is 14.8 Å². The minimum absolute atomic E-state index is 0.0382. The zero-order valence-electron chi connectivity index (χ0n) is 16.0. The summed E-state index contributed by atoms with van der Waals surface area (Å²) in [6, 6.07) is 0.589. The molecule has 29 heavy (non-hydrogen) atoms. The highest BCUT2D eigenvalue weighted by atomic mass is 32.1. The van der Waals surface area contributed by atoms with E-state index in [1.54, 1.807) is 13.8 Å². The van der Waals surface area contributed by atoms with Crippen molar-refractivity contribution in [3.63, 3.8) is 0 Å². The van der Waals surface area contributed by atoms with Crippen LogP contribution in [0.2, 0.25) is 0 Å². The molecule has 0 atom stereocenters. The van der Waals surface area contributed by atoms with Gasteiger partial charge in [-0.05, 0) is 26.3 Å². The predicted molar refractivity (Wildman–Crippen MR) is 97.1 cm³/mol. The maximum atomic E-state index is 12.8. The van der Waals surface area contributed by atoms with Gasteiger partial charge in [-0.3, -0.25) is 9.48 Å². The van der Waals surface area contributed by atoms with Crippen LogP contribution in [0.3, 0.4) is 0 Å². The number of halogens is 3. The second-order valence-electron chi connectivity index (χ2n) is 5.69. The summed E-state index contributed by atoms with van der Waals surface area (Å²) in [5, 5.41) is 5.61. The highest BCUT2D eigenvalue weighted by molar-refractivity contribution is 7.18. The second kappa shape index (κ2) is 8.64. The molecule has 0 spiro atoms. The fraction of sp³-hybridized carbons (Fsp3) is 0.412. The third kappa shape index (κ3) is 4.75. The molecule has 0 unspecified atom stereocenters. The number of thiophene rings is 1. The molecular weight excluding hydrogens is 415 g/mol. The first-order chi connectivity index (χ1) is 13.5. The lowest BCUT2D eigenvalue weighted by Gasteiger charge is -2.07. The van der Waals surface area contributed by atoms with Gasteiger partial charge in [-0.15, -0.1) is 11.3 Å². The molecule has 2 heterocycles. The van der Waals surface area contributed by atoms with E-state index in [4.69, 9.17) is 9.47 Å². The van der Waals surface area contributed by atoms with Crippen molar-refractivity contribution in [2.45, 2.75) is 26.9 Å². The SMILES string of the molecule is CCOC(=O)c1sc(NC(=O)c2cc(C(F)(F)F)nn2C)c(C(=O)OCC)c1C. The molecule has 0 aliphatic heterocycles. The maximum absolute atomic E-state index is 12.8. The number of amides is 1. The van der Waals surface area contributed by atoms with Crippen LogP contribution in [0, 0.1) is 6.92 Å². The highest BCUT2D eigenvalue weighted by Gasteiger charge is 2.36. The van der Waals surface area contributed by atoms with Crippen molar-refractivity contribution in [2.24, 2.45) is 7.05 Å². The summed E-state index contributed by atoms with van der Waals surface area (Å²) < 4.78 is 49.1. The Morgan fingerprint density at radius 1 is 1.17 bits per heavy atom. The van der Waals surface area contributed by atoms with Gasteiger partial charge in [0.1, 0.15) is 15.6 Å². The number of carbonyl (C=O) groups excluding carboxylic acids is 3. The van der Waals surface area contributed by atoms with Crippen molar-refractivity contribution in [1.82, 2.24) is 9.78 Å². The van der Waals surface area contributed by atoms with E-state index in [9.17, 15) is 27.6 Å². The Morgan fingerprint density at radius 2 is 1.76 bits per heavy atom. The molecule has 1 N–H and O–H groups in total. The first-order valence-electron chi connectivity index (χ1n) is 8.41. The van der Waals surface area contributed by atoms with E-state index in [2.05, 4.69) is 10.4 Å². The normalized spacial score (nSPS) is 11.3. The van der Waals surface area contributed by atoms with Crippen molar-refractivity contribution in [3.8, 4) is 0 Å². The molecule has 0 saturated carbocycles. The lowest BCUT2D eigenvalue weighted by Crippen LogP contribution is -2.17. The third-order valence-electron chi connectivity index (χ3n) is 3.72. The van der Waals surface area contributed by atoms with Crippen LogP contribution in [0.5, 0.6) is 0 Å². The predicted octanol–water partition coefficient (Wildman–Crippen LogP) is 3.41. The molecule has 0 bridgehead atoms. The fourth-order valence-corrected chi connectivity index (χ4v) is 3.51. The van der Waals surface area contributed by atoms with Crippen LogP contribution in [0.25, 0.3) is 0 Å². The summed E-state index contributed by atoms with van der Waals surface area (Å²) in [5.74, 6) is -2.41. The highest BCUT2D eigenvalue weighted by Crippen LogP contribution is 2.35. The van der Waals surface area contributed by atoms with E-state index in [-0.39, 0.29) is 39.9 Å². The van der Waals surface area contributed by atoms with E-state index in [0.29, 0.717) is 6.07 Å². The Morgan fingerprint density at radius 3 is 2.28 bits per heavy atom. The molecular formula is C17H18F3N3O5S. The Bertz CT molecular complexity index is 949. The van der Waals surface area contributed by atoms with Gasteiger partial charge in [-0.1, -0.05) is 0 Å². The first kappa shape index (κ1) is 22.4. The van der Waals surface area contributed by atoms with Crippen molar-refractivity contribution in [3.05, 3.63) is 33.5 Å². The molecule has 0 aliphatic rings. The van der Waals surface area contributed by atoms with E-state index in [0.717, 1.165) is 16.0 Å². The van der Waals surface area contributed by atoms with Gasteiger partial charge in [-0.25, -0.2) is 9.59 Å². The molecule has 2 rings (SSSR count). The number of esters is 2. The summed E-state index contributed by atoms with van der Waals surface area (Å²) in [6.45, 7) is 4.82. The summed E-state index contributed by atoms with van der Waals surface area (Å²) in [4.78, 5) is 37.0. The molecule has 2 aromatic rings. The van der Waals surface area contributed by atoms with Gasteiger partial charge in [0.15, 0.2) is 5.69 Å². The minimum Gasteiger partial charge on any atom is -0.462 e. The number of ether oxygens (including phenoxy) is 2. The van der Waals surface area contributed by atoms with Crippen molar-refractivity contribution < 1.29 is 37.0 Å². The molecule has 1 amide bonds. The molecule has 2 aromatic heterocycles. The number of aryl methyl sites for hydroxylation is 1. The number of hydrogen-bond donors (Lipinski definition) is 1. The number of rotatable bonds is 6. The maximum Gasteiger partial charge on any atom is 0.435 e. The lowest BCUT2D eigenvalue weighted by molar-refractivity contribution is -0.141. The topological polar surface area (TPSA) is 99.5 Å². The van der Waals surface area contributed by atoms with Crippen LogP contribution in [0.1, 0.15) is 55.6 Å². The van der Waals surface area contributed by atoms with Crippen LogP contribution in [-0.2, 0) is 22.7 Å². The van der Waals surface area contributed by atoms with Gasteiger partial charge in [0.05, 0.1) is 18.8 Å². The molecule has 0 radical (unpaired) electrons. The summed E-state index contributed by atoms with van der Waals surface area (Å²) in [6.07, 6.45) is -4.72. The van der Waals surface area contributed by atoms with Gasteiger partial charge in [0.2, 0.25) is 0 Å². The second-order valence-corrected chi connectivity index (χ2v) is 6.71. The lowest BCUT2D eigenvalue weighted by atomic mass is 10.1. The standard InChI is InChI=1S/C17H18F3N3O5S/c1-5-27-15(25)11-8(3)12(16(26)28-6-2)29-14(11)21-13(24)9-7-10(17(18,19)20)22-23(9)4/h7H,5-6H2,1-4H3,(H,21,24). The monoisotopic (exact) mass is 433 g/mol. The van der Waals surface area contributed by atoms with Gasteiger partial charge in [-0.2, -0.15) is 18.3 Å². The summed E-state index contributed by atoms with van der Waals surface area (Å²) in [7, 11) is 1.18. The minimum atomic E-state index is -4.72. The smallest absolute Gasteiger partial charge is 0.435 e. The molecule has 0 fully saturated rings. The zero-order valence-corrected chi connectivity index (χ0v) is 16.8. The Balaban J connectivity index is 2.44. The van der Waals surface area contributed by atoms with Crippen LogP contribution in [0.15, 0.2) is 6.07 Å². The fourth-order valence-electron chi connectivity index (χ4n) is 2.43. The first-order valence-corrected chi connectivity index (χ1v) is 9.23. The third-order valence-corrected chi connectivity index (χ3v) is 4.90. The van der Waals surface area contributed by atoms with Crippen LogP contribution in [0.4, 0.5) is 18.2 Å². The van der Waals surface area contributed by atoms with E-state index < -0.39 is 29.7 Å². The van der Waals surface area contributed by atoms with Crippen molar-refractivity contribution in [1.29, 1.82) is 0 Å². The molecule has 0 saturated heterocycles. The average Bonchev–Trinajstić information content (AvgIpc) is 3.15. The Hall–Kier alpha value is -2.89. The number of nitrogens with one attached hydrogen (secondary N) is 1. The Labute approximate surface area is 167 Å². The molecule has 12 heteroatoms. The molecule has 8 nitrogen and oxygen atoms in total. The van der Waals surface area contributed by atoms with Crippen LogP contribution >= 0.6 is 11.3 Å². The number of hydrogen-bond acceptors (Lipinski definition) is 7. The molecule has 158 valence electrons. The number of aromatic nitrogens is 2. The average molecular weight is 433 g/mol. The van der Waals surface area contributed by atoms with E-state index in [1.807, 2.05) is 0 Å². The largest absolute Gasteiger partial charge is 0.462 e. The number of anilines is 1. The van der Waals surface area contributed by atoms with Crippen molar-refractivity contribution in [2.75, 3.05) is 18.5 Å². The van der Waals surface area contributed by atoms with E-state index in [1.165, 1.54) is 14.0 Å². The van der Waals surface area contributed by atoms with Gasteiger partial charge in [0, 0.05) is 13.1 Å². The Kier molecular flexibility index (Phi) is 6.67. The quantitative estimate of drug-likeness (QED) is 0.701.